The van der Waals surface area contributed by atoms with E-state index in [1.54, 1.807) is 30.0 Å². The maximum absolute atomic E-state index is 14.0. The summed E-state index contributed by atoms with van der Waals surface area (Å²) in [5.41, 5.74) is 1.57. The topological polar surface area (TPSA) is 55.6 Å². The van der Waals surface area contributed by atoms with E-state index < -0.39 is 6.10 Å². The fourth-order valence-corrected chi connectivity index (χ4v) is 2.96. The summed E-state index contributed by atoms with van der Waals surface area (Å²) in [6, 6.07) is 6.50. The number of hydrogen-bond acceptors (Lipinski definition) is 4. The molecule has 0 aliphatic carbocycles. The number of ether oxygens (including phenoxy) is 1. The molecule has 0 spiro atoms. The molecule has 2 heterocycles. The van der Waals surface area contributed by atoms with Gasteiger partial charge in [-0.2, -0.15) is 0 Å². The molecule has 1 atom stereocenters. The SMILES string of the molecule is Cc1noc(C(C)C)c1C(=O)N1CCOC(c2ccccc2F)C1. The third kappa shape index (κ3) is 3.06. The third-order valence-corrected chi connectivity index (χ3v) is 4.23. The summed E-state index contributed by atoms with van der Waals surface area (Å²) < 4.78 is 25.0. The van der Waals surface area contributed by atoms with Gasteiger partial charge in [-0.25, -0.2) is 4.39 Å². The van der Waals surface area contributed by atoms with E-state index in [1.165, 1.54) is 6.07 Å². The summed E-state index contributed by atoms with van der Waals surface area (Å²) in [7, 11) is 0. The minimum absolute atomic E-state index is 0.0635. The first kappa shape index (κ1) is 16.6. The van der Waals surface area contributed by atoms with E-state index in [1.807, 2.05) is 13.8 Å². The molecule has 0 saturated carbocycles. The molecule has 1 fully saturated rings. The highest BCUT2D eigenvalue weighted by Crippen LogP contribution is 2.28. The van der Waals surface area contributed by atoms with Crippen LogP contribution >= 0.6 is 0 Å². The molecule has 1 amide bonds. The van der Waals surface area contributed by atoms with Crippen molar-refractivity contribution in [2.45, 2.75) is 32.8 Å². The van der Waals surface area contributed by atoms with Crippen LogP contribution < -0.4 is 0 Å². The molecule has 0 bridgehead atoms. The van der Waals surface area contributed by atoms with Crippen LogP contribution in [-0.4, -0.2) is 35.7 Å². The molecule has 1 unspecified atom stereocenters. The van der Waals surface area contributed by atoms with Crippen LogP contribution in [-0.2, 0) is 4.74 Å². The summed E-state index contributed by atoms with van der Waals surface area (Å²) in [4.78, 5) is 14.6. The van der Waals surface area contributed by atoms with Crippen molar-refractivity contribution in [1.29, 1.82) is 0 Å². The predicted octanol–water partition coefficient (Wildman–Crippen LogP) is 3.46. The summed E-state index contributed by atoms with van der Waals surface area (Å²) in [5, 5.41) is 3.93. The molecule has 1 aliphatic rings. The van der Waals surface area contributed by atoms with Crippen LogP contribution in [0.2, 0.25) is 0 Å². The van der Waals surface area contributed by atoms with Crippen molar-refractivity contribution in [3.05, 3.63) is 52.7 Å². The molecule has 2 aromatic rings. The summed E-state index contributed by atoms with van der Waals surface area (Å²) in [6.07, 6.45) is -0.466. The number of amides is 1. The Balaban J connectivity index is 1.84. The number of benzene rings is 1. The second-order valence-corrected chi connectivity index (χ2v) is 6.29. The number of aryl methyl sites for hydroxylation is 1. The first-order valence-corrected chi connectivity index (χ1v) is 8.10. The normalized spacial score (nSPS) is 18.2. The standard InChI is InChI=1S/C18H21FN2O3/c1-11(2)17-16(12(3)20-24-17)18(22)21-8-9-23-15(10-21)13-6-4-5-7-14(13)19/h4-7,11,15H,8-10H2,1-3H3. The van der Waals surface area contributed by atoms with Crippen molar-refractivity contribution in [2.75, 3.05) is 19.7 Å². The van der Waals surface area contributed by atoms with E-state index in [9.17, 15) is 9.18 Å². The Morgan fingerprint density at radius 2 is 2.12 bits per heavy atom. The van der Waals surface area contributed by atoms with Crippen molar-refractivity contribution in [3.8, 4) is 0 Å². The Bertz CT molecular complexity index is 742. The highest BCUT2D eigenvalue weighted by atomic mass is 19.1. The van der Waals surface area contributed by atoms with Gasteiger partial charge >= 0.3 is 0 Å². The summed E-state index contributed by atoms with van der Waals surface area (Å²) in [5.74, 6) is 0.197. The monoisotopic (exact) mass is 332 g/mol. The number of hydrogen-bond donors (Lipinski definition) is 0. The first-order valence-electron chi connectivity index (χ1n) is 8.10. The second kappa shape index (κ2) is 6.73. The maximum Gasteiger partial charge on any atom is 0.259 e. The van der Waals surface area contributed by atoms with E-state index in [4.69, 9.17) is 9.26 Å². The Hall–Kier alpha value is -2.21. The zero-order chi connectivity index (χ0) is 17.3. The Morgan fingerprint density at radius 1 is 1.38 bits per heavy atom. The Kier molecular flexibility index (Phi) is 4.66. The van der Waals surface area contributed by atoms with Gasteiger partial charge in [-0.05, 0) is 13.0 Å². The van der Waals surface area contributed by atoms with Gasteiger partial charge in [-0.15, -0.1) is 0 Å². The molecular formula is C18H21FN2O3. The van der Waals surface area contributed by atoms with Crippen molar-refractivity contribution in [1.82, 2.24) is 10.1 Å². The highest BCUT2D eigenvalue weighted by molar-refractivity contribution is 5.96. The number of morpholine rings is 1. The number of nitrogens with zero attached hydrogens (tertiary/aromatic N) is 2. The zero-order valence-corrected chi connectivity index (χ0v) is 14.1. The minimum atomic E-state index is -0.466. The molecule has 3 rings (SSSR count). The molecule has 0 N–H and O–H groups in total. The van der Waals surface area contributed by atoms with Gasteiger partial charge in [0.15, 0.2) is 5.76 Å². The van der Waals surface area contributed by atoms with Gasteiger partial charge in [0.25, 0.3) is 5.91 Å². The Morgan fingerprint density at radius 3 is 2.83 bits per heavy atom. The molecule has 1 aromatic carbocycles. The van der Waals surface area contributed by atoms with Gasteiger partial charge in [-0.1, -0.05) is 37.2 Å². The number of rotatable bonds is 3. The number of carbonyl (C=O) groups is 1. The van der Waals surface area contributed by atoms with Gasteiger partial charge in [0.05, 0.1) is 18.8 Å². The highest BCUT2D eigenvalue weighted by Gasteiger charge is 2.31. The van der Waals surface area contributed by atoms with Crippen LogP contribution in [0.15, 0.2) is 28.8 Å². The number of carbonyl (C=O) groups excluding carboxylic acids is 1. The number of aromatic nitrogens is 1. The number of halogens is 1. The van der Waals surface area contributed by atoms with Crippen molar-refractivity contribution in [2.24, 2.45) is 0 Å². The minimum Gasteiger partial charge on any atom is -0.370 e. The third-order valence-electron chi connectivity index (χ3n) is 4.23. The molecular weight excluding hydrogens is 311 g/mol. The van der Waals surface area contributed by atoms with Crippen LogP contribution in [0, 0.1) is 12.7 Å². The van der Waals surface area contributed by atoms with Crippen LogP contribution in [0.5, 0.6) is 0 Å². The second-order valence-electron chi connectivity index (χ2n) is 6.29. The maximum atomic E-state index is 14.0. The predicted molar refractivity (Wildman–Crippen MR) is 86.3 cm³/mol. The molecule has 0 radical (unpaired) electrons. The van der Waals surface area contributed by atoms with Crippen LogP contribution in [0.4, 0.5) is 4.39 Å². The van der Waals surface area contributed by atoms with Crippen LogP contribution in [0.3, 0.4) is 0 Å². The molecule has 1 saturated heterocycles. The lowest BCUT2D eigenvalue weighted by Gasteiger charge is -2.33. The van der Waals surface area contributed by atoms with E-state index in [-0.39, 0.29) is 17.6 Å². The van der Waals surface area contributed by atoms with Crippen LogP contribution in [0.1, 0.15) is 53.2 Å². The fraction of sp³-hybridized carbons (Fsp3) is 0.444. The summed E-state index contributed by atoms with van der Waals surface area (Å²) in [6.45, 7) is 6.81. The lowest BCUT2D eigenvalue weighted by molar-refractivity contribution is -0.0244. The smallest absolute Gasteiger partial charge is 0.259 e. The van der Waals surface area contributed by atoms with Gasteiger partial charge in [0.1, 0.15) is 17.5 Å². The quantitative estimate of drug-likeness (QED) is 0.864. The largest absolute Gasteiger partial charge is 0.370 e. The van der Waals surface area contributed by atoms with Crippen molar-refractivity contribution in [3.63, 3.8) is 0 Å². The van der Waals surface area contributed by atoms with Gasteiger partial charge in [-0.3, -0.25) is 4.79 Å². The van der Waals surface area contributed by atoms with Crippen molar-refractivity contribution < 1.29 is 18.4 Å². The molecule has 6 heteroatoms. The van der Waals surface area contributed by atoms with E-state index in [0.717, 1.165) is 0 Å². The van der Waals surface area contributed by atoms with Crippen molar-refractivity contribution >= 4 is 5.91 Å². The lowest BCUT2D eigenvalue weighted by atomic mass is 10.0. The summed E-state index contributed by atoms with van der Waals surface area (Å²) >= 11 is 0. The van der Waals surface area contributed by atoms with E-state index in [2.05, 4.69) is 5.16 Å². The molecule has 1 aromatic heterocycles. The molecule has 24 heavy (non-hydrogen) atoms. The van der Waals surface area contributed by atoms with Crippen LogP contribution in [0.25, 0.3) is 0 Å². The first-order chi connectivity index (χ1) is 11.5. The molecule has 1 aliphatic heterocycles. The molecule has 5 nitrogen and oxygen atoms in total. The van der Waals surface area contributed by atoms with Gasteiger partial charge in [0.2, 0.25) is 0 Å². The average molecular weight is 332 g/mol. The lowest BCUT2D eigenvalue weighted by Crippen LogP contribution is -2.42. The average Bonchev–Trinajstić information content (AvgIpc) is 2.96. The van der Waals surface area contributed by atoms with Gasteiger partial charge in [0, 0.05) is 18.0 Å². The van der Waals surface area contributed by atoms with Gasteiger partial charge < -0.3 is 14.2 Å². The van der Waals surface area contributed by atoms with E-state index >= 15 is 0 Å². The Labute approximate surface area is 140 Å². The fourth-order valence-electron chi connectivity index (χ4n) is 2.96. The van der Waals surface area contributed by atoms with E-state index in [0.29, 0.717) is 42.3 Å². The zero-order valence-electron chi connectivity index (χ0n) is 14.1. The molecule has 128 valence electrons.